The molecule has 7 heteroatoms. The van der Waals surface area contributed by atoms with Gasteiger partial charge < -0.3 is 24.3 Å². The van der Waals surface area contributed by atoms with E-state index in [1.165, 1.54) is 0 Å². The fraction of sp³-hybridized carbons (Fsp3) is 0.294. The SMILES string of the molecule is Cc1cccc(C)c1OCCCCOc1ccc(/C=C/c2cccc3c2c(CC(=O)O)cn3CCCC(=O)O)cc1. The minimum atomic E-state index is -0.905. The van der Waals surface area contributed by atoms with E-state index in [-0.39, 0.29) is 12.8 Å². The third-order valence-corrected chi connectivity index (χ3v) is 6.95. The van der Waals surface area contributed by atoms with Crippen molar-refractivity contribution in [3.8, 4) is 11.5 Å². The fourth-order valence-corrected chi connectivity index (χ4v) is 4.95. The lowest BCUT2D eigenvalue weighted by atomic mass is 10.0. The van der Waals surface area contributed by atoms with Gasteiger partial charge in [-0.2, -0.15) is 0 Å². The molecule has 4 rings (SSSR count). The molecule has 1 aromatic heterocycles. The lowest BCUT2D eigenvalue weighted by molar-refractivity contribution is -0.137. The first-order valence-electron chi connectivity index (χ1n) is 14.0. The molecule has 0 atom stereocenters. The number of hydrogen-bond acceptors (Lipinski definition) is 4. The van der Waals surface area contributed by atoms with Gasteiger partial charge in [0.25, 0.3) is 0 Å². The zero-order valence-corrected chi connectivity index (χ0v) is 23.6. The second-order valence-corrected chi connectivity index (χ2v) is 10.2. The number of hydrogen-bond donors (Lipinski definition) is 2. The normalized spacial score (nSPS) is 11.3. The first-order valence-corrected chi connectivity index (χ1v) is 14.0. The van der Waals surface area contributed by atoms with Crippen LogP contribution in [0.25, 0.3) is 23.1 Å². The van der Waals surface area contributed by atoms with Gasteiger partial charge in [-0.25, -0.2) is 0 Å². The van der Waals surface area contributed by atoms with E-state index in [2.05, 4.69) is 26.0 Å². The Balaban J connectivity index is 1.34. The smallest absolute Gasteiger partial charge is 0.307 e. The molecule has 0 bridgehead atoms. The first kappa shape index (κ1) is 29.5. The van der Waals surface area contributed by atoms with Crippen LogP contribution in [-0.2, 0) is 22.6 Å². The van der Waals surface area contributed by atoms with Crippen LogP contribution in [0.3, 0.4) is 0 Å². The zero-order valence-electron chi connectivity index (χ0n) is 23.6. The second kappa shape index (κ2) is 14.2. The Bertz CT molecular complexity index is 1500. The Morgan fingerprint density at radius 2 is 1.49 bits per heavy atom. The number of unbranched alkanes of at least 4 members (excludes halogenated alkanes) is 1. The van der Waals surface area contributed by atoms with E-state index < -0.39 is 11.9 Å². The fourth-order valence-electron chi connectivity index (χ4n) is 4.95. The molecule has 0 unspecified atom stereocenters. The minimum Gasteiger partial charge on any atom is -0.494 e. The molecule has 3 aromatic carbocycles. The zero-order chi connectivity index (χ0) is 29.2. The van der Waals surface area contributed by atoms with Crippen molar-refractivity contribution < 1.29 is 29.3 Å². The maximum absolute atomic E-state index is 11.5. The topological polar surface area (TPSA) is 98.0 Å². The van der Waals surface area contributed by atoms with Gasteiger partial charge in [0.05, 0.1) is 19.6 Å². The number of carboxylic acid groups (broad SMARTS) is 2. The molecule has 0 radical (unpaired) electrons. The van der Waals surface area contributed by atoms with Crippen LogP contribution in [-0.4, -0.2) is 39.9 Å². The number of carbonyl (C=O) groups is 2. The van der Waals surface area contributed by atoms with Crippen LogP contribution in [0.5, 0.6) is 11.5 Å². The average molecular weight is 556 g/mol. The molecule has 4 aromatic rings. The van der Waals surface area contributed by atoms with Crippen molar-refractivity contribution in [2.24, 2.45) is 0 Å². The van der Waals surface area contributed by atoms with Crippen LogP contribution in [0.2, 0.25) is 0 Å². The highest BCUT2D eigenvalue weighted by Gasteiger charge is 2.14. The number of para-hydroxylation sites is 1. The van der Waals surface area contributed by atoms with Crippen LogP contribution in [0.15, 0.2) is 66.9 Å². The second-order valence-electron chi connectivity index (χ2n) is 10.2. The predicted octanol–water partition coefficient (Wildman–Crippen LogP) is 7.16. The third kappa shape index (κ3) is 8.24. The largest absolute Gasteiger partial charge is 0.494 e. The first-order chi connectivity index (χ1) is 19.8. The molecule has 7 nitrogen and oxygen atoms in total. The highest BCUT2D eigenvalue weighted by atomic mass is 16.5. The quantitative estimate of drug-likeness (QED) is 0.119. The number of carboxylic acids is 2. The Kier molecular flexibility index (Phi) is 10.2. The molecular weight excluding hydrogens is 518 g/mol. The van der Waals surface area contributed by atoms with E-state index in [0.29, 0.717) is 31.7 Å². The molecule has 0 saturated carbocycles. The van der Waals surface area contributed by atoms with E-state index in [0.717, 1.165) is 57.5 Å². The van der Waals surface area contributed by atoms with E-state index in [1.54, 1.807) is 0 Å². The van der Waals surface area contributed by atoms with Crippen molar-refractivity contribution in [1.82, 2.24) is 4.57 Å². The summed E-state index contributed by atoms with van der Waals surface area (Å²) in [5.74, 6) is 0.0329. The molecule has 0 spiro atoms. The molecule has 0 aliphatic carbocycles. The van der Waals surface area contributed by atoms with Crippen molar-refractivity contribution in [2.75, 3.05) is 13.2 Å². The third-order valence-electron chi connectivity index (χ3n) is 6.95. The summed E-state index contributed by atoms with van der Waals surface area (Å²) in [6.45, 7) is 5.90. The van der Waals surface area contributed by atoms with E-state index >= 15 is 0 Å². The summed E-state index contributed by atoms with van der Waals surface area (Å²) < 4.78 is 13.8. The van der Waals surface area contributed by atoms with Gasteiger partial charge in [-0.1, -0.05) is 54.6 Å². The highest BCUT2D eigenvalue weighted by molar-refractivity contribution is 5.96. The van der Waals surface area contributed by atoms with Gasteiger partial charge in [0.1, 0.15) is 11.5 Å². The lowest BCUT2D eigenvalue weighted by Crippen LogP contribution is -2.04. The van der Waals surface area contributed by atoms with Crippen molar-refractivity contribution in [1.29, 1.82) is 0 Å². The average Bonchev–Trinajstić information content (AvgIpc) is 3.28. The predicted molar refractivity (Wildman–Crippen MR) is 162 cm³/mol. The number of rotatable bonds is 15. The summed E-state index contributed by atoms with van der Waals surface area (Å²) >= 11 is 0. The number of benzene rings is 3. The van der Waals surface area contributed by atoms with Crippen molar-refractivity contribution in [3.05, 3.63) is 94.7 Å². The molecule has 0 aliphatic rings. The summed E-state index contributed by atoms with van der Waals surface area (Å²) in [5, 5.41) is 19.3. The Morgan fingerprint density at radius 3 is 2.17 bits per heavy atom. The Morgan fingerprint density at radius 1 is 0.805 bits per heavy atom. The van der Waals surface area contributed by atoms with E-state index in [1.807, 2.05) is 71.4 Å². The highest BCUT2D eigenvalue weighted by Crippen LogP contribution is 2.28. The molecular formula is C34H37NO6. The molecule has 0 amide bonds. The van der Waals surface area contributed by atoms with Crippen molar-refractivity contribution in [2.45, 2.75) is 52.5 Å². The summed E-state index contributed by atoms with van der Waals surface area (Å²) in [4.78, 5) is 22.5. The van der Waals surface area contributed by atoms with Gasteiger partial charge in [-0.05, 0) is 79.1 Å². The number of aryl methyl sites for hydroxylation is 3. The molecule has 41 heavy (non-hydrogen) atoms. The van der Waals surface area contributed by atoms with Crippen molar-refractivity contribution >= 4 is 35.0 Å². The molecule has 214 valence electrons. The molecule has 0 fully saturated rings. The van der Waals surface area contributed by atoms with Gasteiger partial charge in [0.2, 0.25) is 0 Å². The summed E-state index contributed by atoms with van der Waals surface area (Å²) in [5.41, 5.74) is 5.83. The molecule has 0 saturated heterocycles. The van der Waals surface area contributed by atoms with E-state index in [9.17, 15) is 14.7 Å². The van der Waals surface area contributed by atoms with Crippen LogP contribution in [0.4, 0.5) is 0 Å². The summed E-state index contributed by atoms with van der Waals surface area (Å²) in [6.07, 6.45) is 8.06. The Hall–Kier alpha value is -4.52. The van der Waals surface area contributed by atoms with Gasteiger partial charge in [-0.15, -0.1) is 0 Å². The monoisotopic (exact) mass is 555 g/mol. The standard InChI is InChI=1S/C34H37NO6/c1-24-8-5-9-25(2)34(24)41-21-4-3-20-40-29-17-14-26(15-18-29)13-16-27-10-6-11-30-33(27)28(22-32(38)39)23-35(30)19-7-12-31(36)37/h5-6,8-11,13-18,23H,3-4,7,12,19-22H2,1-2H3,(H,36,37)(H,38,39)/b16-13+. The summed E-state index contributed by atoms with van der Waals surface area (Å²) in [6, 6.07) is 19.9. The van der Waals surface area contributed by atoms with Gasteiger partial charge in [0, 0.05) is 30.1 Å². The number of nitrogens with zero attached hydrogens (tertiary/aromatic N) is 1. The number of aliphatic carboxylic acids is 2. The van der Waals surface area contributed by atoms with Crippen LogP contribution in [0.1, 0.15) is 53.5 Å². The molecule has 1 heterocycles. The molecule has 2 N–H and O–H groups in total. The van der Waals surface area contributed by atoms with Crippen LogP contribution >= 0.6 is 0 Å². The number of ether oxygens (including phenoxy) is 2. The van der Waals surface area contributed by atoms with Crippen molar-refractivity contribution in [3.63, 3.8) is 0 Å². The van der Waals surface area contributed by atoms with Gasteiger partial charge >= 0.3 is 11.9 Å². The van der Waals surface area contributed by atoms with Gasteiger partial charge in [-0.3, -0.25) is 9.59 Å². The number of fused-ring (bicyclic) bond motifs is 1. The maximum atomic E-state index is 11.5. The van der Waals surface area contributed by atoms with E-state index in [4.69, 9.17) is 14.6 Å². The van der Waals surface area contributed by atoms with Crippen LogP contribution in [0, 0.1) is 13.8 Å². The minimum absolute atomic E-state index is 0.0648. The summed E-state index contributed by atoms with van der Waals surface area (Å²) in [7, 11) is 0. The lowest BCUT2D eigenvalue weighted by Gasteiger charge is -2.12. The maximum Gasteiger partial charge on any atom is 0.307 e. The molecule has 0 aliphatic heterocycles. The Labute approximate surface area is 240 Å². The number of aromatic nitrogens is 1. The van der Waals surface area contributed by atoms with Crippen LogP contribution < -0.4 is 9.47 Å². The van der Waals surface area contributed by atoms with Gasteiger partial charge in [0.15, 0.2) is 0 Å².